The largest absolute Gasteiger partial charge is 0.493 e. The molecule has 5 atom stereocenters. The van der Waals surface area contributed by atoms with Gasteiger partial charge in [-0.1, -0.05) is 36.4 Å². The van der Waals surface area contributed by atoms with E-state index in [4.69, 9.17) is 23.7 Å². The topological polar surface area (TPSA) is 93.5 Å². The zero-order chi connectivity index (χ0) is 33.5. The average Bonchev–Trinajstić information content (AvgIpc) is 3.11. The minimum atomic E-state index is -0.462. The number of nitrogens with zero attached hydrogens (tertiary/aromatic N) is 3. The number of carbonyl (C=O) groups is 1. The predicted molar refractivity (Wildman–Crippen MR) is 183 cm³/mol. The smallest absolute Gasteiger partial charge is 0.330 e. The van der Waals surface area contributed by atoms with E-state index in [1.807, 2.05) is 48.5 Å². The van der Waals surface area contributed by atoms with Crippen LogP contribution in [0, 0.1) is 11.3 Å². The van der Waals surface area contributed by atoms with Crippen molar-refractivity contribution in [2.45, 2.75) is 43.1 Å². The number of likely N-dealkylation sites (N-methyl/N-ethyl adjacent to an activating group) is 1. The number of rotatable bonds is 8. The molecule has 4 aromatic carbocycles. The Labute approximate surface area is 280 Å². The van der Waals surface area contributed by atoms with Crippen LogP contribution < -0.4 is 18.9 Å². The molecule has 1 fully saturated rings. The molecule has 0 N–H and O–H groups in total. The summed E-state index contributed by atoms with van der Waals surface area (Å²) in [6, 6.07) is 23.9. The molecule has 1 saturated heterocycles. The van der Waals surface area contributed by atoms with E-state index in [9.17, 15) is 10.1 Å². The Morgan fingerprint density at radius 1 is 0.812 bits per heavy atom. The highest BCUT2D eigenvalue weighted by Gasteiger charge is 2.54. The Balaban J connectivity index is 1.26. The predicted octanol–water partition coefficient (Wildman–Crippen LogP) is 5.90. The molecule has 246 valence electrons. The lowest BCUT2D eigenvalue weighted by Crippen LogP contribution is -2.68. The van der Waals surface area contributed by atoms with Gasteiger partial charge in [-0.05, 0) is 94.9 Å². The van der Waals surface area contributed by atoms with Crippen LogP contribution in [0.25, 0.3) is 16.8 Å². The standard InChI is InChI=1S/C39H39N3O6/c1-41-30-15-27-18-35(45-3)37(47-5)20-29(27)39(41)31-16-26-17-34(44-2)36(46-4)19-28(26)33(42(31)32(30)21-40)22-48-38(43)13-11-23-10-12-24-8-6-7-9-25(24)14-23/h6-14,17-20,30-33,39H,15-16,22H2,1-5H3/b13-11+/t30-,31?,32-,33-,39+/m0/s1. The summed E-state index contributed by atoms with van der Waals surface area (Å²) >= 11 is 0. The summed E-state index contributed by atoms with van der Waals surface area (Å²) in [5.74, 6) is 2.12. The second-order valence-corrected chi connectivity index (χ2v) is 12.6. The molecule has 3 heterocycles. The number of hydrogen-bond donors (Lipinski definition) is 0. The van der Waals surface area contributed by atoms with E-state index in [0.29, 0.717) is 35.8 Å². The monoisotopic (exact) mass is 645 g/mol. The van der Waals surface area contributed by atoms with E-state index in [2.05, 4.69) is 41.1 Å². The van der Waals surface area contributed by atoms with Gasteiger partial charge in [-0.3, -0.25) is 9.80 Å². The normalized spacial score (nSPS) is 23.0. The van der Waals surface area contributed by atoms with Crippen molar-refractivity contribution in [1.82, 2.24) is 9.80 Å². The summed E-state index contributed by atoms with van der Waals surface area (Å²) in [6.07, 6.45) is 4.58. The fourth-order valence-corrected chi connectivity index (χ4v) is 8.03. The lowest BCUT2D eigenvalue weighted by atomic mass is 9.72. The molecule has 0 aromatic heterocycles. The Hall–Kier alpha value is -5.04. The van der Waals surface area contributed by atoms with E-state index < -0.39 is 12.0 Å². The van der Waals surface area contributed by atoms with E-state index >= 15 is 0 Å². The van der Waals surface area contributed by atoms with Crippen LogP contribution in [0.15, 0.2) is 72.8 Å². The van der Waals surface area contributed by atoms with Crippen molar-refractivity contribution in [2.75, 3.05) is 42.1 Å². The maximum Gasteiger partial charge on any atom is 0.330 e. The van der Waals surface area contributed by atoms with Gasteiger partial charge in [0.25, 0.3) is 0 Å². The van der Waals surface area contributed by atoms with Gasteiger partial charge in [0.1, 0.15) is 12.6 Å². The second kappa shape index (κ2) is 12.9. The van der Waals surface area contributed by atoms with Crippen LogP contribution in [0.3, 0.4) is 0 Å². The molecule has 0 aliphatic carbocycles. The zero-order valence-corrected chi connectivity index (χ0v) is 27.8. The molecule has 3 aliphatic heterocycles. The summed E-state index contributed by atoms with van der Waals surface area (Å²) in [4.78, 5) is 17.9. The minimum absolute atomic E-state index is 0.0459. The highest BCUT2D eigenvalue weighted by molar-refractivity contribution is 5.89. The van der Waals surface area contributed by atoms with Crippen LogP contribution in [0.1, 0.15) is 39.9 Å². The van der Waals surface area contributed by atoms with Crippen LogP contribution in [-0.2, 0) is 22.4 Å². The molecule has 0 amide bonds. The Bertz CT molecular complexity index is 1950. The van der Waals surface area contributed by atoms with Crippen LogP contribution in [0.4, 0.5) is 0 Å². The first-order chi connectivity index (χ1) is 23.4. The zero-order valence-electron chi connectivity index (χ0n) is 27.8. The van der Waals surface area contributed by atoms with Crippen LogP contribution >= 0.6 is 0 Å². The minimum Gasteiger partial charge on any atom is -0.493 e. The van der Waals surface area contributed by atoms with E-state index in [0.717, 1.165) is 38.6 Å². The number of benzene rings is 4. The van der Waals surface area contributed by atoms with Crippen LogP contribution in [0.5, 0.6) is 23.0 Å². The van der Waals surface area contributed by atoms with Gasteiger partial charge in [-0.15, -0.1) is 0 Å². The summed E-state index contributed by atoms with van der Waals surface area (Å²) in [5, 5.41) is 13.0. The van der Waals surface area contributed by atoms with E-state index in [-0.39, 0.29) is 30.8 Å². The molecule has 9 nitrogen and oxygen atoms in total. The number of hydrogen-bond acceptors (Lipinski definition) is 9. The maximum atomic E-state index is 13.2. The molecule has 1 unspecified atom stereocenters. The molecular weight excluding hydrogens is 606 g/mol. The highest BCUT2D eigenvalue weighted by Crippen LogP contribution is 2.52. The SMILES string of the molecule is COc1cc2c(cc1OC)[C@@H]1C3Cc4cc(OC)c(OC)cc4[C@H](COC(=O)/C=C/c4ccc5ccccc5c4)N3[C@@H](C#N)[C@H](C2)N1C. The molecule has 7 rings (SSSR count). The fraction of sp³-hybridized carbons (Fsp3) is 0.333. The molecule has 48 heavy (non-hydrogen) atoms. The van der Waals surface area contributed by atoms with Crippen molar-refractivity contribution >= 4 is 22.8 Å². The van der Waals surface area contributed by atoms with Gasteiger partial charge < -0.3 is 23.7 Å². The van der Waals surface area contributed by atoms with Crippen LogP contribution in [-0.4, -0.2) is 76.0 Å². The van der Waals surface area contributed by atoms with Crippen molar-refractivity contribution in [2.24, 2.45) is 0 Å². The van der Waals surface area contributed by atoms with Crippen molar-refractivity contribution in [1.29, 1.82) is 5.26 Å². The molecule has 9 heteroatoms. The van der Waals surface area contributed by atoms with Crippen molar-refractivity contribution in [3.8, 4) is 29.1 Å². The summed E-state index contributed by atoms with van der Waals surface area (Å²) in [7, 11) is 8.63. The Morgan fingerprint density at radius 3 is 2.08 bits per heavy atom. The fourth-order valence-electron chi connectivity index (χ4n) is 8.03. The van der Waals surface area contributed by atoms with Gasteiger partial charge >= 0.3 is 5.97 Å². The molecular formula is C39H39N3O6. The molecule has 2 bridgehead atoms. The number of piperazine rings is 1. The van der Waals surface area contributed by atoms with Gasteiger partial charge in [0.15, 0.2) is 23.0 Å². The van der Waals surface area contributed by atoms with Gasteiger partial charge in [-0.2, -0.15) is 5.26 Å². The third kappa shape index (κ3) is 5.31. The molecule has 0 radical (unpaired) electrons. The molecule has 4 aromatic rings. The molecule has 0 saturated carbocycles. The Kier molecular flexibility index (Phi) is 8.46. The highest BCUT2D eigenvalue weighted by atomic mass is 16.5. The summed E-state index contributed by atoms with van der Waals surface area (Å²) in [5.41, 5.74) is 5.24. The average molecular weight is 646 g/mol. The van der Waals surface area contributed by atoms with Gasteiger partial charge in [0, 0.05) is 18.2 Å². The number of fused-ring (bicyclic) bond motifs is 8. The second-order valence-electron chi connectivity index (χ2n) is 12.6. The van der Waals surface area contributed by atoms with Crippen molar-refractivity contribution in [3.63, 3.8) is 0 Å². The number of ether oxygens (including phenoxy) is 5. The molecule has 3 aliphatic rings. The van der Waals surface area contributed by atoms with Gasteiger partial charge in [0.2, 0.25) is 0 Å². The number of carbonyl (C=O) groups excluding carboxylic acids is 1. The molecule has 0 spiro atoms. The van der Waals surface area contributed by atoms with Crippen LogP contribution in [0.2, 0.25) is 0 Å². The first kappa shape index (κ1) is 31.6. The number of nitriles is 1. The van der Waals surface area contributed by atoms with E-state index in [1.54, 1.807) is 34.5 Å². The first-order valence-corrected chi connectivity index (χ1v) is 16.1. The van der Waals surface area contributed by atoms with Crippen molar-refractivity contribution < 1.29 is 28.5 Å². The van der Waals surface area contributed by atoms with Crippen molar-refractivity contribution in [3.05, 3.63) is 101 Å². The number of esters is 1. The third-order valence-corrected chi connectivity index (χ3v) is 10.3. The maximum absolute atomic E-state index is 13.2. The lowest BCUT2D eigenvalue weighted by molar-refractivity contribution is -0.143. The summed E-state index contributed by atoms with van der Waals surface area (Å²) < 4.78 is 28.8. The number of methoxy groups -OCH3 is 4. The van der Waals surface area contributed by atoms with E-state index in [1.165, 1.54) is 6.08 Å². The third-order valence-electron chi connectivity index (χ3n) is 10.3. The Morgan fingerprint density at radius 2 is 1.42 bits per heavy atom. The first-order valence-electron chi connectivity index (χ1n) is 16.1. The lowest BCUT2D eigenvalue weighted by Gasteiger charge is -2.59. The van der Waals surface area contributed by atoms with Gasteiger partial charge in [-0.25, -0.2) is 4.79 Å². The quantitative estimate of drug-likeness (QED) is 0.172. The summed E-state index contributed by atoms with van der Waals surface area (Å²) in [6.45, 7) is 0.0694. The van der Waals surface area contributed by atoms with Gasteiger partial charge in [0.05, 0.1) is 46.6 Å².